The maximum Gasteiger partial charge on any atom is 0.231 e. The Morgan fingerprint density at radius 3 is 2.68 bits per heavy atom. The van der Waals surface area contributed by atoms with Crippen molar-refractivity contribution in [1.82, 2.24) is 4.90 Å². The highest BCUT2D eigenvalue weighted by Crippen LogP contribution is 2.33. The number of rotatable bonds is 6. The van der Waals surface area contributed by atoms with Crippen LogP contribution < -0.4 is 11.1 Å². The maximum atomic E-state index is 12.2. The molecule has 1 saturated carbocycles. The van der Waals surface area contributed by atoms with Gasteiger partial charge in [-0.15, -0.1) is 0 Å². The van der Waals surface area contributed by atoms with Gasteiger partial charge in [-0.3, -0.25) is 15.1 Å². The van der Waals surface area contributed by atoms with Gasteiger partial charge in [0.25, 0.3) is 0 Å². The number of carbonyl (C=O) groups excluding carboxylic acids is 1. The van der Waals surface area contributed by atoms with Crippen LogP contribution in [-0.2, 0) is 4.79 Å². The van der Waals surface area contributed by atoms with Gasteiger partial charge in [-0.05, 0) is 30.4 Å². The Labute approximate surface area is 165 Å². The van der Waals surface area contributed by atoms with Crippen LogP contribution in [0.1, 0.15) is 42.0 Å². The van der Waals surface area contributed by atoms with E-state index in [4.69, 9.17) is 11.1 Å². The number of benzene rings is 2. The molecule has 4 N–H and O–H groups in total. The number of nitrogens with zero attached hydrogens (tertiary/aromatic N) is 2. The van der Waals surface area contributed by atoms with E-state index in [2.05, 4.69) is 10.3 Å². The van der Waals surface area contributed by atoms with E-state index in [1.54, 1.807) is 7.05 Å². The van der Waals surface area contributed by atoms with E-state index in [1.165, 1.54) is 17.7 Å². The topological polar surface area (TPSA) is 94.6 Å². The van der Waals surface area contributed by atoms with Crippen LogP contribution in [0.15, 0.2) is 53.5 Å². The first-order valence-corrected chi connectivity index (χ1v) is 9.65. The van der Waals surface area contributed by atoms with Gasteiger partial charge in [-0.25, -0.2) is 4.99 Å². The molecule has 0 saturated heterocycles. The van der Waals surface area contributed by atoms with E-state index < -0.39 is 0 Å². The lowest BCUT2D eigenvalue weighted by atomic mass is 9.95. The molecule has 0 radical (unpaired) electrons. The molecule has 2 aromatic carbocycles. The van der Waals surface area contributed by atoms with Gasteiger partial charge in [0.15, 0.2) is 5.96 Å². The van der Waals surface area contributed by atoms with E-state index >= 15 is 0 Å². The molecule has 0 bridgehead atoms. The van der Waals surface area contributed by atoms with Crippen molar-refractivity contribution >= 4 is 23.3 Å². The standard InChI is InChI=1S/C22H25N5O/c1-27-20(28)12-18(26-22(27)24)16-9-10-17(19(11-16)25-13-14-7-8-14)21(23)15-5-3-2-4-6-15/h2-6,9-11,14,18,23,25H,7-8,12-13H2,1H3,(H2,24,26). The average Bonchev–Trinajstić information content (AvgIpc) is 3.54. The van der Waals surface area contributed by atoms with E-state index in [0.717, 1.165) is 28.9 Å². The molecular formula is C22H25N5O. The summed E-state index contributed by atoms with van der Waals surface area (Å²) in [5.41, 5.74) is 9.96. The van der Waals surface area contributed by atoms with E-state index in [-0.39, 0.29) is 17.9 Å². The Balaban J connectivity index is 1.67. The number of hydrogen-bond donors (Lipinski definition) is 3. The highest BCUT2D eigenvalue weighted by molar-refractivity contribution is 6.14. The minimum Gasteiger partial charge on any atom is -0.384 e. The third kappa shape index (κ3) is 3.76. The Morgan fingerprint density at radius 1 is 1.25 bits per heavy atom. The summed E-state index contributed by atoms with van der Waals surface area (Å²) in [7, 11) is 1.64. The Kier molecular flexibility index (Phi) is 4.86. The van der Waals surface area contributed by atoms with Crippen molar-refractivity contribution in [2.45, 2.75) is 25.3 Å². The molecule has 28 heavy (non-hydrogen) atoms. The summed E-state index contributed by atoms with van der Waals surface area (Å²) < 4.78 is 0. The average molecular weight is 375 g/mol. The molecule has 1 aliphatic heterocycles. The van der Waals surface area contributed by atoms with Crippen LogP contribution in [0.5, 0.6) is 0 Å². The minimum atomic E-state index is -0.287. The third-order valence-corrected chi connectivity index (χ3v) is 5.41. The second-order valence-electron chi connectivity index (χ2n) is 7.53. The summed E-state index contributed by atoms with van der Waals surface area (Å²) in [6, 6.07) is 15.4. The number of anilines is 1. The number of amides is 1. The predicted octanol–water partition coefficient (Wildman–Crippen LogP) is 3.14. The summed E-state index contributed by atoms with van der Waals surface area (Å²) in [5, 5.41) is 12.2. The Bertz CT molecular complexity index is 933. The molecule has 1 fully saturated rings. The Morgan fingerprint density at radius 2 is 2.00 bits per heavy atom. The zero-order chi connectivity index (χ0) is 19.7. The quantitative estimate of drug-likeness (QED) is 0.677. The number of guanidine groups is 1. The highest BCUT2D eigenvalue weighted by atomic mass is 16.2. The van der Waals surface area contributed by atoms with Gasteiger partial charge in [-0.2, -0.15) is 0 Å². The first-order valence-electron chi connectivity index (χ1n) is 9.65. The van der Waals surface area contributed by atoms with Crippen LogP contribution in [-0.4, -0.2) is 36.1 Å². The lowest BCUT2D eigenvalue weighted by Crippen LogP contribution is -2.42. The Hall–Kier alpha value is -3.15. The normalized spacial score (nSPS) is 19.3. The van der Waals surface area contributed by atoms with Gasteiger partial charge >= 0.3 is 0 Å². The maximum absolute atomic E-state index is 12.2. The van der Waals surface area contributed by atoms with Gasteiger partial charge in [0.05, 0.1) is 18.2 Å². The fourth-order valence-electron chi connectivity index (χ4n) is 3.38. The summed E-state index contributed by atoms with van der Waals surface area (Å²) in [6.07, 6.45) is 2.81. The van der Waals surface area contributed by atoms with Gasteiger partial charge < -0.3 is 11.1 Å². The summed E-state index contributed by atoms with van der Waals surface area (Å²) in [5.74, 6) is 0.918. The van der Waals surface area contributed by atoms with Crippen molar-refractivity contribution in [3.05, 3.63) is 65.2 Å². The number of nitrogens with one attached hydrogen (secondary N) is 2. The van der Waals surface area contributed by atoms with Crippen molar-refractivity contribution in [3.63, 3.8) is 0 Å². The monoisotopic (exact) mass is 375 g/mol. The molecule has 1 atom stereocenters. The van der Waals surface area contributed by atoms with E-state index in [9.17, 15) is 4.79 Å². The van der Waals surface area contributed by atoms with Crippen molar-refractivity contribution in [3.8, 4) is 0 Å². The molecule has 0 aromatic heterocycles. The molecule has 1 unspecified atom stereocenters. The largest absolute Gasteiger partial charge is 0.384 e. The van der Waals surface area contributed by atoms with Crippen LogP contribution in [0.2, 0.25) is 0 Å². The van der Waals surface area contributed by atoms with Gasteiger partial charge in [-0.1, -0.05) is 42.5 Å². The minimum absolute atomic E-state index is 0.0360. The second kappa shape index (κ2) is 7.46. The highest BCUT2D eigenvalue weighted by Gasteiger charge is 2.27. The van der Waals surface area contributed by atoms with Crippen LogP contribution in [0.4, 0.5) is 5.69 Å². The zero-order valence-electron chi connectivity index (χ0n) is 16.0. The van der Waals surface area contributed by atoms with E-state index in [0.29, 0.717) is 18.1 Å². The lowest BCUT2D eigenvalue weighted by Gasteiger charge is -2.26. The number of aliphatic imine (C=N–C) groups is 1. The van der Waals surface area contributed by atoms with Gasteiger partial charge in [0, 0.05) is 30.4 Å². The number of nitrogens with two attached hydrogens (primary N) is 1. The molecule has 144 valence electrons. The fraction of sp³-hybridized carbons (Fsp3) is 0.318. The SMILES string of the molecule is CN1C(=O)CC(c2ccc(C(=N)c3ccccc3)c(NCC3CC3)c2)N=C1N. The summed E-state index contributed by atoms with van der Waals surface area (Å²) >= 11 is 0. The van der Waals surface area contributed by atoms with Gasteiger partial charge in [0.2, 0.25) is 5.91 Å². The summed E-state index contributed by atoms with van der Waals surface area (Å²) in [6.45, 7) is 0.899. The van der Waals surface area contributed by atoms with Crippen LogP contribution in [0.25, 0.3) is 0 Å². The molecular weight excluding hydrogens is 350 g/mol. The van der Waals surface area contributed by atoms with Crippen LogP contribution in [0, 0.1) is 11.3 Å². The van der Waals surface area contributed by atoms with Crippen molar-refractivity contribution in [2.75, 3.05) is 18.9 Å². The third-order valence-electron chi connectivity index (χ3n) is 5.41. The second-order valence-corrected chi connectivity index (χ2v) is 7.53. The first kappa shape index (κ1) is 18.2. The molecule has 1 heterocycles. The number of hydrogen-bond acceptors (Lipinski definition) is 5. The first-order chi connectivity index (χ1) is 13.5. The molecule has 2 aliphatic rings. The lowest BCUT2D eigenvalue weighted by molar-refractivity contribution is -0.127. The molecule has 2 aromatic rings. The fourth-order valence-corrected chi connectivity index (χ4v) is 3.38. The van der Waals surface area contributed by atoms with Crippen molar-refractivity contribution in [2.24, 2.45) is 16.6 Å². The smallest absolute Gasteiger partial charge is 0.231 e. The van der Waals surface area contributed by atoms with Crippen LogP contribution >= 0.6 is 0 Å². The molecule has 1 aliphatic carbocycles. The van der Waals surface area contributed by atoms with Gasteiger partial charge in [0.1, 0.15) is 0 Å². The molecule has 4 rings (SSSR count). The van der Waals surface area contributed by atoms with E-state index in [1.807, 2.05) is 48.5 Å². The zero-order valence-corrected chi connectivity index (χ0v) is 16.0. The molecule has 0 spiro atoms. The predicted molar refractivity (Wildman–Crippen MR) is 112 cm³/mol. The molecule has 1 amide bonds. The van der Waals surface area contributed by atoms with Crippen molar-refractivity contribution < 1.29 is 4.79 Å². The van der Waals surface area contributed by atoms with Crippen LogP contribution in [0.3, 0.4) is 0 Å². The molecule has 6 heteroatoms. The van der Waals surface area contributed by atoms with Crippen molar-refractivity contribution in [1.29, 1.82) is 5.41 Å². The number of carbonyl (C=O) groups is 1. The summed E-state index contributed by atoms with van der Waals surface area (Å²) in [4.78, 5) is 18.0. The molecule has 6 nitrogen and oxygen atoms in total.